The summed E-state index contributed by atoms with van der Waals surface area (Å²) in [6, 6.07) is 9.09. The van der Waals surface area contributed by atoms with Crippen LogP contribution in [-0.4, -0.2) is 46.5 Å². The van der Waals surface area contributed by atoms with Gasteiger partial charge in [0.15, 0.2) is 5.78 Å². The van der Waals surface area contributed by atoms with Crippen LogP contribution in [0.15, 0.2) is 48.9 Å². The van der Waals surface area contributed by atoms with E-state index in [2.05, 4.69) is 49.9 Å². The molecular formula is C30H40BN3O4. The molecule has 1 aromatic heterocycles. The summed E-state index contributed by atoms with van der Waals surface area (Å²) in [5.74, 6) is 1.01. The molecule has 1 aromatic carbocycles. The van der Waals surface area contributed by atoms with Gasteiger partial charge in [0, 0.05) is 24.6 Å². The Labute approximate surface area is 226 Å². The highest BCUT2D eigenvalue weighted by molar-refractivity contribution is 6.47. The van der Waals surface area contributed by atoms with Crippen molar-refractivity contribution in [1.29, 1.82) is 0 Å². The van der Waals surface area contributed by atoms with Crippen molar-refractivity contribution in [3.63, 3.8) is 0 Å². The van der Waals surface area contributed by atoms with Gasteiger partial charge in [0.25, 0.3) is 5.91 Å². The van der Waals surface area contributed by atoms with Crippen LogP contribution >= 0.6 is 0 Å². The van der Waals surface area contributed by atoms with Gasteiger partial charge in [0.2, 0.25) is 0 Å². The van der Waals surface area contributed by atoms with E-state index in [0.717, 1.165) is 18.4 Å². The molecule has 202 valence electrons. The van der Waals surface area contributed by atoms with Crippen LogP contribution in [0.3, 0.4) is 0 Å². The average Bonchev–Trinajstić information content (AvgIpc) is 3.26. The van der Waals surface area contributed by atoms with Crippen LogP contribution in [0, 0.1) is 23.2 Å². The number of rotatable bonds is 10. The summed E-state index contributed by atoms with van der Waals surface area (Å²) in [6.07, 6.45) is 8.19. The molecule has 1 saturated heterocycles. The lowest BCUT2D eigenvalue weighted by atomic mass is 9.43. The monoisotopic (exact) mass is 517 g/mol. The van der Waals surface area contributed by atoms with Crippen LogP contribution in [0.4, 0.5) is 0 Å². The maximum Gasteiger partial charge on any atom is 0.461 e. The third kappa shape index (κ3) is 5.17. The predicted molar refractivity (Wildman–Crippen MR) is 146 cm³/mol. The zero-order chi connectivity index (χ0) is 27.1. The molecule has 1 N–H and O–H groups in total. The lowest BCUT2D eigenvalue weighted by molar-refractivity contribution is -0.199. The van der Waals surface area contributed by atoms with Gasteiger partial charge in [0.1, 0.15) is 5.69 Å². The van der Waals surface area contributed by atoms with Crippen LogP contribution in [0.1, 0.15) is 76.4 Å². The highest BCUT2D eigenvalue weighted by Crippen LogP contribution is 2.66. The molecular weight excluding hydrogens is 477 g/mol. The van der Waals surface area contributed by atoms with Gasteiger partial charge in [-0.25, -0.2) is 4.98 Å². The fourth-order valence-electron chi connectivity index (χ4n) is 7.14. The van der Waals surface area contributed by atoms with E-state index in [9.17, 15) is 9.59 Å². The molecule has 0 spiro atoms. The summed E-state index contributed by atoms with van der Waals surface area (Å²) < 4.78 is 13.4. The standard InChI is InChI=1S/C30H40BN3O4/c1-19(2)13-22(31-37-27-16-21-15-26(29(21,3)4)30(27,5)38-31)17-25(35)23(14-20-9-7-6-8-10-20)34-28(36)24-18-32-11-12-33-24/h6-12,18-19,21-23,26-27H,13-17H2,1-5H3,(H,34,36)/t21?,22-,23+,26?,27?,30-/m1/s1. The summed E-state index contributed by atoms with van der Waals surface area (Å²) >= 11 is 0. The number of hydrogen-bond acceptors (Lipinski definition) is 6. The molecule has 7 nitrogen and oxygen atoms in total. The maximum absolute atomic E-state index is 13.9. The van der Waals surface area contributed by atoms with Crippen molar-refractivity contribution in [2.75, 3.05) is 0 Å². The van der Waals surface area contributed by atoms with E-state index in [0.29, 0.717) is 24.2 Å². The topological polar surface area (TPSA) is 90.4 Å². The summed E-state index contributed by atoms with van der Waals surface area (Å²) in [6.45, 7) is 11.3. The number of hydrogen-bond donors (Lipinski definition) is 1. The zero-order valence-electron chi connectivity index (χ0n) is 23.2. The van der Waals surface area contributed by atoms with Crippen LogP contribution in [0.25, 0.3) is 0 Å². The first-order chi connectivity index (χ1) is 18.1. The highest BCUT2D eigenvalue weighted by atomic mass is 16.7. The Morgan fingerprint density at radius 3 is 2.55 bits per heavy atom. The van der Waals surface area contributed by atoms with Crippen molar-refractivity contribution in [2.45, 2.75) is 90.3 Å². The molecule has 4 aliphatic rings. The van der Waals surface area contributed by atoms with Gasteiger partial charge in [-0.2, -0.15) is 0 Å². The quantitative estimate of drug-likeness (QED) is 0.450. The molecule has 2 aromatic rings. The predicted octanol–water partition coefficient (Wildman–Crippen LogP) is 4.92. The highest BCUT2D eigenvalue weighted by Gasteiger charge is 2.68. The molecule has 3 aliphatic carbocycles. The Hall–Kier alpha value is -2.58. The normalized spacial score (nSPS) is 28.8. The van der Waals surface area contributed by atoms with Gasteiger partial charge >= 0.3 is 7.12 Å². The van der Waals surface area contributed by atoms with Gasteiger partial charge in [-0.3, -0.25) is 14.6 Å². The third-order valence-electron chi connectivity index (χ3n) is 9.36. The smallest absolute Gasteiger partial charge is 0.405 e. The molecule has 6 atom stereocenters. The van der Waals surface area contributed by atoms with Crippen molar-refractivity contribution in [2.24, 2.45) is 23.2 Å². The fourth-order valence-corrected chi connectivity index (χ4v) is 7.14. The Balaban J connectivity index is 1.34. The Kier molecular flexibility index (Phi) is 7.49. The lowest BCUT2D eigenvalue weighted by Gasteiger charge is -2.64. The second kappa shape index (κ2) is 10.5. The number of carbonyl (C=O) groups excluding carboxylic acids is 2. The molecule has 3 unspecified atom stereocenters. The minimum absolute atomic E-state index is 0.0198. The van der Waals surface area contributed by atoms with Gasteiger partial charge in [-0.15, -0.1) is 0 Å². The van der Waals surface area contributed by atoms with Gasteiger partial charge in [0.05, 0.1) is 23.9 Å². The second-order valence-corrected chi connectivity index (χ2v) is 12.7. The minimum atomic E-state index is -0.687. The molecule has 38 heavy (non-hydrogen) atoms. The number of benzene rings is 1. The molecule has 0 radical (unpaired) electrons. The summed E-state index contributed by atoms with van der Waals surface area (Å²) in [7, 11) is -0.417. The first-order valence-electron chi connectivity index (χ1n) is 14.0. The van der Waals surface area contributed by atoms with E-state index in [1.165, 1.54) is 25.0 Å². The molecule has 1 amide bonds. The molecule has 4 fully saturated rings. The van der Waals surface area contributed by atoms with Crippen molar-refractivity contribution >= 4 is 18.8 Å². The first-order valence-corrected chi connectivity index (χ1v) is 14.0. The van der Waals surface area contributed by atoms with Gasteiger partial charge in [-0.05, 0) is 61.3 Å². The van der Waals surface area contributed by atoms with Crippen LogP contribution in [0.2, 0.25) is 5.82 Å². The van der Waals surface area contributed by atoms with Crippen molar-refractivity contribution in [1.82, 2.24) is 15.3 Å². The number of aromatic nitrogens is 2. The van der Waals surface area contributed by atoms with Crippen LogP contribution < -0.4 is 5.32 Å². The van der Waals surface area contributed by atoms with Crippen LogP contribution in [0.5, 0.6) is 0 Å². The number of nitrogens with zero attached hydrogens (tertiary/aromatic N) is 2. The number of nitrogens with one attached hydrogen (secondary N) is 1. The van der Waals surface area contributed by atoms with E-state index < -0.39 is 19.1 Å². The number of ketones is 1. The summed E-state index contributed by atoms with van der Waals surface area (Å²) in [4.78, 5) is 34.9. The van der Waals surface area contributed by atoms with Crippen molar-refractivity contribution < 1.29 is 18.9 Å². The van der Waals surface area contributed by atoms with E-state index in [1.54, 1.807) is 0 Å². The van der Waals surface area contributed by atoms with Gasteiger partial charge < -0.3 is 14.6 Å². The molecule has 2 bridgehead atoms. The minimum Gasteiger partial charge on any atom is -0.405 e. The summed E-state index contributed by atoms with van der Waals surface area (Å²) in [5, 5.41) is 2.94. The summed E-state index contributed by atoms with van der Waals surface area (Å²) in [5.41, 5.74) is 1.13. The molecule has 3 saturated carbocycles. The Bertz CT molecular complexity index is 1140. The number of amides is 1. The molecule has 2 heterocycles. The Morgan fingerprint density at radius 1 is 1.13 bits per heavy atom. The van der Waals surface area contributed by atoms with E-state index in [4.69, 9.17) is 9.31 Å². The molecule has 8 heteroatoms. The average molecular weight is 517 g/mol. The lowest BCUT2D eigenvalue weighted by Crippen LogP contribution is -2.65. The van der Waals surface area contributed by atoms with E-state index >= 15 is 0 Å². The number of carbonyl (C=O) groups is 2. The van der Waals surface area contributed by atoms with Gasteiger partial charge in [-0.1, -0.05) is 58.0 Å². The zero-order valence-corrected chi connectivity index (χ0v) is 23.2. The van der Waals surface area contributed by atoms with E-state index in [1.807, 2.05) is 30.3 Å². The van der Waals surface area contributed by atoms with Crippen molar-refractivity contribution in [3.05, 3.63) is 60.2 Å². The van der Waals surface area contributed by atoms with E-state index in [-0.39, 0.29) is 40.8 Å². The first kappa shape index (κ1) is 27.0. The van der Waals surface area contributed by atoms with Crippen LogP contribution in [-0.2, 0) is 20.5 Å². The SMILES string of the molecule is CC(C)C[C@H](CC(=O)[C@H](Cc1ccccc1)NC(=O)c1cnccn1)B1OC2CC3CC(C3(C)C)[C@@]2(C)O1. The third-order valence-corrected chi connectivity index (χ3v) is 9.36. The fraction of sp³-hybridized carbons (Fsp3) is 0.600. The largest absolute Gasteiger partial charge is 0.461 e. The van der Waals surface area contributed by atoms with Crippen molar-refractivity contribution in [3.8, 4) is 0 Å². The number of Topliss-reactive ketones (excluding diaryl/α,β-unsaturated/α-hetero) is 1. The Morgan fingerprint density at radius 2 is 1.89 bits per heavy atom. The molecule has 6 rings (SSSR count). The second-order valence-electron chi connectivity index (χ2n) is 12.7. The molecule has 1 aliphatic heterocycles. The maximum atomic E-state index is 13.9.